The molecule has 0 radical (unpaired) electrons. The summed E-state index contributed by atoms with van der Waals surface area (Å²) in [6.45, 7) is 9.34. The van der Waals surface area contributed by atoms with Gasteiger partial charge in [0.15, 0.2) is 0 Å². The summed E-state index contributed by atoms with van der Waals surface area (Å²) in [6, 6.07) is 5.21. The van der Waals surface area contributed by atoms with Gasteiger partial charge < -0.3 is 4.90 Å². The van der Waals surface area contributed by atoms with Crippen molar-refractivity contribution >= 4 is 5.82 Å². The summed E-state index contributed by atoms with van der Waals surface area (Å²) in [5.74, 6) is 1.19. The summed E-state index contributed by atoms with van der Waals surface area (Å²) in [6.07, 6.45) is 7.87. The lowest BCUT2D eigenvalue weighted by Crippen LogP contribution is -2.25. The molecule has 2 aliphatic heterocycles. The predicted octanol–water partition coefficient (Wildman–Crippen LogP) is 3.93. The van der Waals surface area contributed by atoms with E-state index in [1.54, 1.807) is 0 Å². The van der Waals surface area contributed by atoms with Crippen molar-refractivity contribution in [3.63, 3.8) is 0 Å². The fraction of sp³-hybridized carbons (Fsp3) is 0.722. The Morgan fingerprint density at radius 2 is 1.95 bits per heavy atom. The molecule has 0 saturated carbocycles. The summed E-state index contributed by atoms with van der Waals surface area (Å²) in [5.41, 5.74) is 2.71. The van der Waals surface area contributed by atoms with E-state index in [0.29, 0.717) is 6.04 Å². The summed E-state index contributed by atoms with van der Waals surface area (Å²) in [4.78, 5) is 10.0. The van der Waals surface area contributed by atoms with Crippen LogP contribution in [-0.2, 0) is 0 Å². The van der Waals surface area contributed by atoms with E-state index in [0.717, 1.165) is 0 Å². The van der Waals surface area contributed by atoms with Crippen LogP contribution in [0, 0.1) is 6.92 Å². The van der Waals surface area contributed by atoms with Gasteiger partial charge in [0.1, 0.15) is 5.82 Å². The summed E-state index contributed by atoms with van der Waals surface area (Å²) < 4.78 is 0. The summed E-state index contributed by atoms with van der Waals surface area (Å²) in [5, 5.41) is 0. The molecule has 3 heteroatoms. The van der Waals surface area contributed by atoms with Gasteiger partial charge >= 0.3 is 0 Å². The Hall–Kier alpha value is -1.09. The van der Waals surface area contributed by atoms with Crippen LogP contribution < -0.4 is 4.90 Å². The number of unbranched alkanes of at least 4 members (excludes halogenated alkanes) is 1. The number of rotatable bonds is 5. The molecule has 2 fully saturated rings. The van der Waals surface area contributed by atoms with Crippen LogP contribution in [-0.4, -0.2) is 36.1 Å². The molecule has 1 atom stereocenters. The van der Waals surface area contributed by atoms with E-state index in [1.807, 2.05) is 0 Å². The molecule has 3 heterocycles. The number of aromatic nitrogens is 1. The van der Waals surface area contributed by atoms with Gasteiger partial charge in [0.2, 0.25) is 0 Å². The molecule has 2 aliphatic rings. The first-order valence-corrected chi connectivity index (χ1v) is 8.76. The zero-order chi connectivity index (χ0) is 14.7. The molecule has 2 saturated heterocycles. The predicted molar refractivity (Wildman–Crippen MR) is 88.9 cm³/mol. The van der Waals surface area contributed by atoms with Crippen LogP contribution in [0.4, 0.5) is 5.82 Å². The van der Waals surface area contributed by atoms with Gasteiger partial charge in [-0.3, -0.25) is 4.90 Å². The number of likely N-dealkylation sites (tertiary alicyclic amines) is 1. The van der Waals surface area contributed by atoms with Crippen molar-refractivity contribution in [3.8, 4) is 0 Å². The Bertz CT molecular complexity index is 466. The van der Waals surface area contributed by atoms with E-state index in [2.05, 4.69) is 35.8 Å². The largest absolute Gasteiger partial charge is 0.357 e. The van der Waals surface area contributed by atoms with Crippen molar-refractivity contribution in [3.05, 3.63) is 23.4 Å². The van der Waals surface area contributed by atoms with Crippen molar-refractivity contribution in [2.45, 2.75) is 58.4 Å². The third kappa shape index (κ3) is 3.23. The highest BCUT2D eigenvalue weighted by Gasteiger charge is 2.27. The summed E-state index contributed by atoms with van der Waals surface area (Å²) >= 11 is 0. The molecule has 1 aromatic rings. The van der Waals surface area contributed by atoms with Gasteiger partial charge in [0, 0.05) is 24.8 Å². The maximum atomic E-state index is 4.91. The smallest absolute Gasteiger partial charge is 0.128 e. The fourth-order valence-corrected chi connectivity index (χ4v) is 3.84. The highest BCUT2D eigenvalue weighted by atomic mass is 15.2. The quantitative estimate of drug-likeness (QED) is 0.818. The molecule has 0 N–H and O–H groups in total. The Balaban J connectivity index is 1.75. The number of anilines is 1. The maximum Gasteiger partial charge on any atom is 0.128 e. The second-order valence-corrected chi connectivity index (χ2v) is 6.59. The van der Waals surface area contributed by atoms with Crippen LogP contribution in [0.3, 0.4) is 0 Å². The minimum atomic E-state index is 0.608. The van der Waals surface area contributed by atoms with Crippen molar-refractivity contribution in [2.75, 3.05) is 31.1 Å². The lowest BCUT2D eigenvalue weighted by molar-refractivity contribution is 0.252. The third-order valence-electron chi connectivity index (χ3n) is 5.06. The fourth-order valence-electron chi connectivity index (χ4n) is 3.84. The van der Waals surface area contributed by atoms with Crippen LogP contribution in [0.5, 0.6) is 0 Å². The van der Waals surface area contributed by atoms with E-state index in [-0.39, 0.29) is 0 Å². The molecule has 3 nitrogen and oxygen atoms in total. The van der Waals surface area contributed by atoms with E-state index in [1.165, 1.54) is 81.8 Å². The third-order valence-corrected chi connectivity index (χ3v) is 5.06. The van der Waals surface area contributed by atoms with Crippen LogP contribution in [0.1, 0.15) is 62.7 Å². The van der Waals surface area contributed by atoms with Crippen molar-refractivity contribution in [2.24, 2.45) is 0 Å². The molecule has 0 spiro atoms. The standard InChI is InChI=1S/C18H29N3/c1-3-4-11-20-14-7-8-17(20)16-9-10-18(19-15(16)2)21-12-5-6-13-21/h9-10,17H,3-8,11-14H2,1-2H3/t17-/m0/s1. The van der Waals surface area contributed by atoms with Crippen LogP contribution in [0.2, 0.25) is 0 Å². The van der Waals surface area contributed by atoms with Crippen molar-refractivity contribution < 1.29 is 0 Å². The van der Waals surface area contributed by atoms with Crippen LogP contribution in [0.25, 0.3) is 0 Å². The number of aryl methyl sites for hydroxylation is 1. The molecule has 1 aromatic heterocycles. The minimum absolute atomic E-state index is 0.608. The van der Waals surface area contributed by atoms with E-state index >= 15 is 0 Å². The molecule has 3 rings (SSSR count). The Labute approximate surface area is 129 Å². The lowest BCUT2D eigenvalue weighted by Gasteiger charge is -2.26. The van der Waals surface area contributed by atoms with Gasteiger partial charge in [-0.2, -0.15) is 0 Å². The second-order valence-electron chi connectivity index (χ2n) is 6.59. The minimum Gasteiger partial charge on any atom is -0.357 e. The zero-order valence-corrected chi connectivity index (χ0v) is 13.6. The zero-order valence-electron chi connectivity index (χ0n) is 13.6. The van der Waals surface area contributed by atoms with Crippen molar-refractivity contribution in [1.29, 1.82) is 0 Å². The molecule has 0 aliphatic carbocycles. The molecule has 0 bridgehead atoms. The summed E-state index contributed by atoms with van der Waals surface area (Å²) in [7, 11) is 0. The monoisotopic (exact) mass is 287 g/mol. The Morgan fingerprint density at radius 3 is 2.67 bits per heavy atom. The second kappa shape index (κ2) is 6.78. The van der Waals surface area contributed by atoms with Gasteiger partial charge in [-0.1, -0.05) is 19.4 Å². The maximum absolute atomic E-state index is 4.91. The molecule has 0 amide bonds. The van der Waals surface area contributed by atoms with Crippen LogP contribution in [0.15, 0.2) is 12.1 Å². The number of hydrogen-bond donors (Lipinski definition) is 0. The first kappa shape index (κ1) is 14.8. The number of pyridine rings is 1. The Kier molecular flexibility index (Phi) is 4.79. The number of hydrogen-bond acceptors (Lipinski definition) is 3. The first-order chi connectivity index (χ1) is 10.3. The molecule has 116 valence electrons. The van der Waals surface area contributed by atoms with Crippen molar-refractivity contribution in [1.82, 2.24) is 9.88 Å². The molecule has 21 heavy (non-hydrogen) atoms. The Morgan fingerprint density at radius 1 is 1.14 bits per heavy atom. The first-order valence-electron chi connectivity index (χ1n) is 8.76. The molecule has 0 unspecified atom stereocenters. The average molecular weight is 287 g/mol. The van der Waals surface area contributed by atoms with Gasteiger partial charge in [-0.15, -0.1) is 0 Å². The molecule has 0 aromatic carbocycles. The van der Waals surface area contributed by atoms with Gasteiger partial charge in [-0.25, -0.2) is 4.98 Å². The van der Waals surface area contributed by atoms with Gasteiger partial charge in [-0.05, 0) is 63.7 Å². The van der Waals surface area contributed by atoms with Crippen LogP contribution >= 0.6 is 0 Å². The molecular weight excluding hydrogens is 258 g/mol. The molecular formula is C18H29N3. The normalized spacial score (nSPS) is 23.1. The van der Waals surface area contributed by atoms with Gasteiger partial charge in [0.25, 0.3) is 0 Å². The van der Waals surface area contributed by atoms with Gasteiger partial charge in [0.05, 0.1) is 0 Å². The van der Waals surface area contributed by atoms with E-state index in [4.69, 9.17) is 4.98 Å². The number of nitrogens with zero attached hydrogens (tertiary/aromatic N) is 3. The topological polar surface area (TPSA) is 19.4 Å². The van der Waals surface area contributed by atoms with E-state index in [9.17, 15) is 0 Å². The lowest BCUT2D eigenvalue weighted by atomic mass is 10.0. The SMILES string of the molecule is CCCCN1CCC[C@H]1c1ccc(N2CCCC2)nc1C. The highest BCUT2D eigenvalue weighted by molar-refractivity contribution is 5.43. The van der Waals surface area contributed by atoms with E-state index < -0.39 is 0 Å². The average Bonchev–Trinajstić information content (AvgIpc) is 3.16. The highest BCUT2D eigenvalue weighted by Crippen LogP contribution is 2.34.